The van der Waals surface area contributed by atoms with Crippen molar-refractivity contribution in [2.75, 3.05) is 13.7 Å². The first kappa shape index (κ1) is 25.6. The fourth-order valence-electron chi connectivity index (χ4n) is 4.08. The Morgan fingerprint density at radius 1 is 1.21 bits per heavy atom. The van der Waals surface area contributed by atoms with Crippen LogP contribution < -0.4 is 10.9 Å². The number of pyridine rings is 1. The smallest absolute Gasteiger partial charge is 0.323 e. The highest BCUT2D eigenvalue weighted by molar-refractivity contribution is 5.81. The largest absolute Gasteiger partial charge is 0.462 e. The highest BCUT2D eigenvalue weighted by Crippen LogP contribution is 2.30. The zero-order chi connectivity index (χ0) is 25.0. The quantitative estimate of drug-likeness (QED) is 0.456. The van der Waals surface area contributed by atoms with E-state index in [1.807, 2.05) is 45.2 Å². The molecule has 34 heavy (non-hydrogen) atoms. The number of nitrogens with one attached hydrogen (secondary N) is 1. The number of carbonyl (C=O) groups is 1. The highest BCUT2D eigenvalue weighted by Gasteiger charge is 2.21. The molecule has 2 aromatic heterocycles. The van der Waals surface area contributed by atoms with Crippen molar-refractivity contribution in [3.8, 4) is 11.4 Å². The minimum Gasteiger partial charge on any atom is -0.462 e. The minimum absolute atomic E-state index is 0.0196. The number of aromatic nitrogens is 3. The number of imidazole rings is 1. The minimum atomic E-state index is -0.411. The van der Waals surface area contributed by atoms with E-state index < -0.39 is 6.04 Å². The Labute approximate surface area is 200 Å². The van der Waals surface area contributed by atoms with Crippen molar-refractivity contribution in [1.29, 1.82) is 0 Å². The Hall–Kier alpha value is -2.97. The van der Waals surface area contributed by atoms with Gasteiger partial charge in [-0.3, -0.25) is 9.59 Å². The second kappa shape index (κ2) is 11.0. The van der Waals surface area contributed by atoms with Crippen LogP contribution in [0, 0.1) is 6.92 Å². The van der Waals surface area contributed by atoms with Gasteiger partial charge in [0, 0.05) is 38.0 Å². The summed E-state index contributed by atoms with van der Waals surface area (Å²) in [5, 5.41) is 3.23. The molecule has 1 unspecified atom stereocenters. The molecule has 0 aliphatic carbocycles. The molecule has 0 aliphatic rings. The van der Waals surface area contributed by atoms with E-state index >= 15 is 0 Å². The maximum atomic E-state index is 12.3. The number of nitrogens with zero attached hydrogens (tertiary/aromatic N) is 3. The van der Waals surface area contributed by atoms with Crippen molar-refractivity contribution in [1.82, 2.24) is 19.4 Å². The SMILES string of the molecule is CCC(COC)n1c(-c2cc(C)c(=O)n(C)c2)nc2cc(CN[C@@H](C)C(=O)OC(C)C)ccc21. The fourth-order valence-corrected chi connectivity index (χ4v) is 4.08. The van der Waals surface area contributed by atoms with E-state index in [1.54, 1.807) is 25.6 Å². The van der Waals surface area contributed by atoms with Gasteiger partial charge < -0.3 is 23.9 Å². The maximum absolute atomic E-state index is 12.3. The van der Waals surface area contributed by atoms with Crippen LogP contribution >= 0.6 is 0 Å². The average molecular weight is 469 g/mol. The number of hydrogen-bond donors (Lipinski definition) is 1. The van der Waals surface area contributed by atoms with Crippen molar-refractivity contribution in [2.45, 2.75) is 65.8 Å². The predicted octanol–water partition coefficient (Wildman–Crippen LogP) is 3.74. The Morgan fingerprint density at radius 3 is 2.56 bits per heavy atom. The zero-order valence-electron chi connectivity index (χ0n) is 21.2. The topological polar surface area (TPSA) is 87.4 Å². The molecule has 0 saturated carbocycles. The number of esters is 1. The van der Waals surface area contributed by atoms with Crippen molar-refractivity contribution >= 4 is 17.0 Å². The molecular weight excluding hydrogens is 432 g/mol. The molecular formula is C26H36N4O4. The molecule has 3 rings (SSSR count). The molecule has 0 spiro atoms. The van der Waals surface area contributed by atoms with E-state index in [9.17, 15) is 9.59 Å². The Bertz CT molecular complexity index is 1190. The molecule has 8 nitrogen and oxygen atoms in total. The van der Waals surface area contributed by atoms with Crippen molar-refractivity contribution in [3.05, 3.63) is 51.9 Å². The van der Waals surface area contributed by atoms with Gasteiger partial charge in [-0.25, -0.2) is 4.98 Å². The number of rotatable bonds is 10. The Kier molecular flexibility index (Phi) is 8.28. The molecule has 2 heterocycles. The number of benzene rings is 1. The second-order valence-electron chi connectivity index (χ2n) is 9.06. The summed E-state index contributed by atoms with van der Waals surface area (Å²) >= 11 is 0. The lowest BCUT2D eigenvalue weighted by Gasteiger charge is -2.20. The van der Waals surface area contributed by atoms with Crippen LogP contribution in [0.2, 0.25) is 0 Å². The molecule has 0 fully saturated rings. The molecule has 1 aromatic carbocycles. The third-order valence-electron chi connectivity index (χ3n) is 5.89. The van der Waals surface area contributed by atoms with E-state index in [-0.39, 0.29) is 23.7 Å². The van der Waals surface area contributed by atoms with Crippen LogP contribution in [0.1, 0.15) is 51.3 Å². The van der Waals surface area contributed by atoms with Gasteiger partial charge in [0.1, 0.15) is 11.9 Å². The van der Waals surface area contributed by atoms with Gasteiger partial charge in [-0.05, 0) is 57.9 Å². The number of carbonyl (C=O) groups excluding carboxylic acids is 1. The van der Waals surface area contributed by atoms with Gasteiger partial charge in [-0.1, -0.05) is 13.0 Å². The molecule has 8 heteroatoms. The van der Waals surface area contributed by atoms with Gasteiger partial charge in [0.05, 0.1) is 29.8 Å². The molecule has 2 atom stereocenters. The standard InChI is InChI=1S/C26H36N4O4/c1-8-21(15-33-7)30-23-10-9-19(13-27-18(5)26(32)34-16(2)3)12-22(23)28-24(30)20-11-17(4)25(31)29(6)14-20/h9-12,14,16,18,21,27H,8,13,15H2,1-7H3/t18-,21?/m0/s1. The maximum Gasteiger partial charge on any atom is 0.323 e. The first-order valence-electron chi connectivity index (χ1n) is 11.8. The van der Waals surface area contributed by atoms with Gasteiger partial charge >= 0.3 is 5.97 Å². The average Bonchev–Trinajstić information content (AvgIpc) is 3.17. The first-order valence-corrected chi connectivity index (χ1v) is 11.8. The summed E-state index contributed by atoms with van der Waals surface area (Å²) in [6.45, 7) is 10.5. The summed E-state index contributed by atoms with van der Waals surface area (Å²) in [7, 11) is 3.46. The number of hydrogen-bond acceptors (Lipinski definition) is 6. The third-order valence-corrected chi connectivity index (χ3v) is 5.89. The van der Waals surface area contributed by atoms with E-state index in [0.717, 1.165) is 34.4 Å². The molecule has 3 aromatic rings. The summed E-state index contributed by atoms with van der Waals surface area (Å²) in [5.74, 6) is 0.537. The summed E-state index contributed by atoms with van der Waals surface area (Å²) < 4.78 is 14.6. The van der Waals surface area contributed by atoms with Crippen LogP contribution in [0.25, 0.3) is 22.4 Å². The zero-order valence-corrected chi connectivity index (χ0v) is 21.2. The molecule has 0 radical (unpaired) electrons. The van der Waals surface area contributed by atoms with Crippen LogP contribution in [0.3, 0.4) is 0 Å². The number of fused-ring (bicyclic) bond motifs is 1. The lowest BCUT2D eigenvalue weighted by atomic mass is 10.1. The highest BCUT2D eigenvalue weighted by atomic mass is 16.5. The van der Waals surface area contributed by atoms with E-state index in [4.69, 9.17) is 14.5 Å². The lowest BCUT2D eigenvalue weighted by Crippen LogP contribution is -2.36. The van der Waals surface area contributed by atoms with Crippen LogP contribution in [-0.2, 0) is 27.9 Å². The lowest BCUT2D eigenvalue weighted by molar-refractivity contribution is -0.149. The molecule has 0 bridgehead atoms. The van der Waals surface area contributed by atoms with Crippen LogP contribution in [0.15, 0.2) is 35.3 Å². The number of aryl methyl sites for hydroxylation is 2. The first-order chi connectivity index (χ1) is 16.2. The molecule has 0 aliphatic heterocycles. The van der Waals surface area contributed by atoms with Crippen LogP contribution in [-0.4, -0.2) is 45.9 Å². The van der Waals surface area contributed by atoms with Crippen LogP contribution in [0.5, 0.6) is 0 Å². The van der Waals surface area contributed by atoms with E-state index in [2.05, 4.69) is 22.9 Å². The predicted molar refractivity (Wildman–Crippen MR) is 134 cm³/mol. The summed E-state index contributed by atoms with van der Waals surface area (Å²) in [5.41, 5.74) is 4.41. The summed E-state index contributed by atoms with van der Waals surface area (Å²) in [6, 6.07) is 7.72. The molecule has 0 amide bonds. The van der Waals surface area contributed by atoms with Gasteiger partial charge in [-0.15, -0.1) is 0 Å². The van der Waals surface area contributed by atoms with Crippen molar-refractivity contribution < 1.29 is 14.3 Å². The third kappa shape index (κ3) is 5.56. The number of ether oxygens (including phenoxy) is 2. The molecule has 0 saturated heterocycles. The Morgan fingerprint density at radius 2 is 1.94 bits per heavy atom. The molecule has 184 valence electrons. The van der Waals surface area contributed by atoms with Gasteiger partial charge in [0.2, 0.25) is 0 Å². The van der Waals surface area contributed by atoms with E-state index in [1.165, 1.54) is 0 Å². The second-order valence-corrected chi connectivity index (χ2v) is 9.06. The molecule has 1 N–H and O–H groups in total. The normalized spacial score (nSPS) is 13.4. The fraction of sp³-hybridized carbons (Fsp3) is 0.500. The van der Waals surface area contributed by atoms with Crippen molar-refractivity contribution in [3.63, 3.8) is 0 Å². The van der Waals surface area contributed by atoms with Crippen LogP contribution in [0.4, 0.5) is 0 Å². The van der Waals surface area contributed by atoms with Gasteiger partial charge in [0.15, 0.2) is 0 Å². The van der Waals surface area contributed by atoms with Crippen molar-refractivity contribution in [2.24, 2.45) is 7.05 Å². The van der Waals surface area contributed by atoms with E-state index in [0.29, 0.717) is 18.7 Å². The Balaban J connectivity index is 2.01. The monoisotopic (exact) mass is 468 g/mol. The summed E-state index contributed by atoms with van der Waals surface area (Å²) in [6.07, 6.45) is 2.56. The van der Waals surface area contributed by atoms with Gasteiger partial charge in [-0.2, -0.15) is 0 Å². The van der Waals surface area contributed by atoms with Gasteiger partial charge in [0.25, 0.3) is 5.56 Å². The number of methoxy groups -OCH3 is 1. The summed E-state index contributed by atoms with van der Waals surface area (Å²) in [4.78, 5) is 29.3.